The number of aryl methyl sites for hydroxylation is 1. The number of carbonyl (C=O) groups excluding carboxylic acids is 1. The molecular formula is C22H27ClO5. The molecule has 4 saturated heterocycles. The van der Waals surface area contributed by atoms with E-state index in [1.807, 2.05) is 24.3 Å². The van der Waals surface area contributed by atoms with E-state index in [4.69, 9.17) is 30.8 Å². The standard InChI is InChI=1S/C22H27ClO5/c1-14-4-7-16-13-19(24)25-20-22(16)18(14)10-12-21(26-20,27-28-22)11-2-3-15-5-8-17(23)9-6-15/h5-6,8-9,14,16,18,20H,2-4,7,10-13H2,1H3/t14-,16+,18?,20-,21-,22+/m1/s1. The molecule has 1 unspecified atom stereocenters. The molecule has 6 atom stereocenters. The molecule has 5 aliphatic rings. The Balaban J connectivity index is 1.35. The molecular weight excluding hydrogens is 380 g/mol. The van der Waals surface area contributed by atoms with E-state index in [0.717, 1.165) is 43.5 Å². The highest BCUT2D eigenvalue weighted by atomic mass is 35.5. The molecule has 0 amide bonds. The van der Waals surface area contributed by atoms with Gasteiger partial charge in [0.05, 0.1) is 6.42 Å². The molecule has 4 heterocycles. The maximum absolute atomic E-state index is 12.2. The van der Waals surface area contributed by atoms with E-state index in [1.54, 1.807) is 0 Å². The Kier molecular flexibility index (Phi) is 4.70. The normalized spacial score (nSPS) is 41.9. The van der Waals surface area contributed by atoms with Crippen molar-refractivity contribution >= 4 is 17.6 Å². The third-order valence-corrected chi connectivity index (χ3v) is 7.58. The molecule has 0 radical (unpaired) electrons. The number of esters is 1. The molecule has 152 valence electrons. The highest BCUT2D eigenvalue weighted by molar-refractivity contribution is 6.30. The lowest BCUT2D eigenvalue weighted by Gasteiger charge is -2.56. The fourth-order valence-corrected chi connectivity index (χ4v) is 5.93. The van der Waals surface area contributed by atoms with Crippen LogP contribution in [0.3, 0.4) is 0 Å². The Hall–Kier alpha value is -1.14. The molecule has 0 N–H and O–H groups in total. The smallest absolute Gasteiger partial charge is 0.308 e. The summed E-state index contributed by atoms with van der Waals surface area (Å²) in [6, 6.07) is 7.92. The quantitative estimate of drug-likeness (QED) is 0.530. The van der Waals surface area contributed by atoms with Gasteiger partial charge in [-0.1, -0.05) is 30.7 Å². The number of benzene rings is 1. The molecule has 0 aromatic heterocycles. The van der Waals surface area contributed by atoms with Gasteiger partial charge >= 0.3 is 5.97 Å². The maximum atomic E-state index is 12.2. The molecule has 1 aromatic carbocycles. The Bertz CT molecular complexity index is 748. The van der Waals surface area contributed by atoms with E-state index in [2.05, 4.69) is 6.92 Å². The minimum absolute atomic E-state index is 0.116. The minimum atomic E-state index is -0.832. The van der Waals surface area contributed by atoms with Crippen LogP contribution in [0.25, 0.3) is 0 Å². The topological polar surface area (TPSA) is 54.0 Å². The lowest BCUT2D eigenvalue weighted by Crippen LogP contribution is -2.68. The van der Waals surface area contributed by atoms with Crippen molar-refractivity contribution in [2.45, 2.75) is 76.0 Å². The Morgan fingerprint density at radius 1 is 1.14 bits per heavy atom. The van der Waals surface area contributed by atoms with Crippen LogP contribution >= 0.6 is 11.6 Å². The number of fused-ring (bicyclic) bond motifs is 2. The summed E-state index contributed by atoms with van der Waals surface area (Å²) >= 11 is 5.97. The van der Waals surface area contributed by atoms with Gasteiger partial charge in [-0.2, -0.15) is 0 Å². The number of halogens is 1. The monoisotopic (exact) mass is 406 g/mol. The summed E-state index contributed by atoms with van der Waals surface area (Å²) in [4.78, 5) is 24.4. The van der Waals surface area contributed by atoms with Gasteiger partial charge in [0, 0.05) is 29.7 Å². The Morgan fingerprint density at radius 2 is 1.96 bits per heavy atom. The molecule has 1 saturated carbocycles. The van der Waals surface area contributed by atoms with Crippen LogP contribution < -0.4 is 0 Å². The van der Waals surface area contributed by atoms with Crippen molar-refractivity contribution in [3.8, 4) is 0 Å². The molecule has 28 heavy (non-hydrogen) atoms. The zero-order valence-electron chi connectivity index (χ0n) is 16.2. The van der Waals surface area contributed by atoms with Crippen LogP contribution in [0.15, 0.2) is 24.3 Å². The minimum Gasteiger partial charge on any atom is -0.432 e. The number of ether oxygens (including phenoxy) is 2. The van der Waals surface area contributed by atoms with Gasteiger partial charge in [-0.05, 0) is 55.7 Å². The largest absolute Gasteiger partial charge is 0.432 e. The zero-order chi connectivity index (χ0) is 19.4. The van der Waals surface area contributed by atoms with Gasteiger partial charge in [0.1, 0.15) is 0 Å². The van der Waals surface area contributed by atoms with Crippen molar-refractivity contribution in [2.24, 2.45) is 17.8 Å². The SMILES string of the molecule is C[C@@H]1CC[C@H]2CC(=O)O[C@@H]3O[C@@]4(CCCc5ccc(Cl)cc5)CCC1[C@@]23OO4. The number of rotatable bonds is 4. The summed E-state index contributed by atoms with van der Waals surface area (Å²) in [5.41, 5.74) is 0.593. The van der Waals surface area contributed by atoms with Crippen molar-refractivity contribution < 1.29 is 24.0 Å². The van der Waals surface area contributed by atoms with Gasteiger partial charge in [-0.3, -0.25) is 4.79 Å². The Morgan fingerprint density at radius 3 is 2.79 bits per heavy atom. The number of hydrogen-bond donors (Lipinski definition) is 0. The molecule has 1 aliphatic carbocycles. The summed E-state index contributed by atoms with van der Waals surface area (Å²) < 4.78 is 12.1. The fourth-order valence-electron chi connectivity index (χ4n) is 5.80. The molecule has 6 rings (SSSR count). The van der Waals surface area contributed by atoms with Crippen LogP contribution in [0.2, 0.25) is 5.02 Å². The van der Waals surface area contributed by atoms with Gasteiger partial charge in [0.25, 0.3) is 0 Å². The molecule has 2 bridgehead atoms. The van der Waals surface area contributed by atoms with E-state index >= 15 is 0 Å². The van der Waals surface area contributed by atoms with Gasteiger partial charge < -0.3 is 9.47 Å². The van der Waals surface area contributed by atoms with Crippen molar-refractivity contribution in [3.05, 3.63) is 34.9 Å². The second-order valence-electron chi connectivity index (χ2n) is 8.95. The van der Waals surface area contributed by atoms with E-state index in [-0.39, 0.29) is 11.9 Å². The van der Waals surface area contributed by atoms with Crippen LogP contribution in [0.5, 0.6) is 0 Å². The maximum Gasteiger partial charge on any atom is 0.308 e. The third-order valence-electron chi connectivity index (χ3n) is 7.33. The molecule has 5 fully saturated rings. The second-order valence-corrected chi connectivity index (χ2v) is 9.39. The van der Waals surface area contributed by atoms with E-state index < -0.39 is 17.7 Å². The first-order valence-electron chi connectivity index (χ1n) is 10.5. The average molecular weight is 407 g/mol. The van der Waals surface area contributed by atoms with Crippen molar-refractivity contribution in [1.29, 1.82) is 0 Å². The van der Waals surface area contributed by atoms with Crippen LogP contribution in [0, 0.1) is 17.8 Å². The predicted molar refractivity (Wildman–Crippen MR) is 102 cm³/mol. The summed E-state index contributed by atoms with van der Waals surface area (Å²) in [6.07, 6.45) is 6.06. The molecule has 5 nitrogen and oxygen atoms in total. The summed E-state index contributed by atoms with van der Waals surface area (Å²) in [5, 5.41) is 0.745. The predicted octanol–water partition coefficient (Wildman–Crippen LogP) is 4.81. The fraction of sp³-hybridized carbons (Fsp3) is 0.682. The van der Waals surface area contributed by atoms with E-state index in [0.29, 0.717) is 24.7 Å². The van der Waals surface area contributed by atoms with Crippen LogP contribution in [-0.2, 0) is 30.5 Å². The first kappa shape index (κ1) is 18.9. The summed E-state index contributed by atoms with van der Waals surface area (Å²) in [7, 11) is 0. The number of carbonyl (C=O) groups is 1. The first-order valence-corrected chi connectivity index (χ1v) is 10.9. The molecule has 1 spiro atoms. The van der Waals surface area contributed by atoms with Crippen molar-refractivity contribution in [2.75, 3.05) is 0 Å². The lowest BCUT2D eigenvalue weighted by atomic mass is 9.60. The third kappa shape index (κ3) is 2.98. The number of hydrogen-bond acceptors (Lipinski definition) is 5. The van der Waals surface area contributed by atoms with Crippen molar-refractivity contribution in [1.82, 2.24) is 0 Å². The first-order chi connectivity index (χ1) is 13.5. The van der Waals surface area contributed by atoms with E-state index in [9.17, 15) is 4.79 Å². The highest BCUT2D eigenvalue weighted by Crippen LogP contribution is 2.59. The molecule has 1 aromatic rings. The van der Waals surface area contributed by atoms with Crippen LogP contribution in [-0.4, -0.2) is 23.6 Å². The van der Waals surface area contributed by atoms with Gasteiger partial charge in [0.2, 0.25) is 12.1 Å². The molecule has 6 heteroatoms. The van der Waals surface area contributed by atoms with Crippen LogP contribution in [0.1, 0.15) is 57.4 Å². The summed E-state index contributed by atoms with van der Waals surface area (Å²) in [5.74, 6) is -0.0936. The zero-order valence-corrected chi connectivity index (χ0v) is 17.0. The van der Waals surface area contributed by atoms with E-state index in [1.165, 1.54) is 5.56 Å². The van der Waals surface area contributed by atoms with Crippen LogP contribution in [0.4, 0.5) is 0 Å². The molecule has 4 aliphatic heterocycles. The summed E-state index contributed by atoms with van der Waals surface area (Å²) in [6.45, 7) is 2.28. The lowest BCUT2D eigenvalue weighted by molar-refractivity contribution is -0.561. The van der Waals surface area contributed by atoms with Gasteiger partial charge in [-0.25, -0.2) is 9.78 Å². The second kappa shape index (κ2) is 6.98. The van der Waals surface area contributed by atoms with Gasteiger partial charge in [0.15, 0.2) is 5.60 Å². The highest BCUT2D eigenvalue weighted by Gasteiger charge is 2.69. The van der Waals surface area contributed by atoms with Crippen molar-refractivity contribution in [3.63, 3.8) is 0 Å². The van der Waals surface area contributed by atoms with Gasteiger partial charge in [-0.15, -0.1) is 0 Å². The average Bonchev–Trinajstić information content (AvgIpc) is 2.93. The Labute approximate surface area is 170 Å².